The zero-order valence-corrected chi connectivity index (χ0v) is 25.4. The molecule has 2 heterocycles. The van der Waals surface area contributed by atoms with Crippen LogP contribution >= 0.6 is 23.5 Å². The number of carbonyl (C=O) groups is 1. The second-order valence-corrected chi connectivity index (χ2v) is 14.0. The van der Waals surface area contributed by atoms with Crippen molar-refractivity contribution < 1.29 is 14.3 Å². The molecule has 1 amide bonds. The van der Waals surface area contributed by atoms with E-state index < -0.39 is 0 Å². The van der Waals surface area contributed by atoms with Crippen LogP contribution in [0, 0.1) is 17.8 Å². The summed E-state index contributed by atoms with van der Waals surface area (Å²) in [6, 6.07) is 12.4. The molecule has 5 nitrogen and oxygen atoms in total. The maximum atomic E-state index is 13.3. The molecule has 1 saturated carbocycles. The number of rotatable bonds is 1. The van der Waals surface area contributed by atoms with E-state index >= 15 is 0 Å². The molecule has 0 radical (unpaired) electrons. The van der Waals surface area contributed by atoms with Crippen molar-refractivity contribution in [2.75, 3.05) is 31.7 Å². The van der Waals surface area contributed by atoms with E-state index in [1.54, 1.807) is 0 Å². The fourth-order valence-corrected chi connectivity index (χ4v) is 8.08. The Bertz CT molecular complexity index is 1280. The summed E-state index contributed by atoms with van der Waals surface area (Å²) >= 11 is 7.94. The van der Waals surface area contributed by atoms with Gasteiger partial charge in [-0.3, -0.25) is 9.52 Å². The normalized spacial score (nSPS) is 33.0. The van der Waals surface area contributed by atoms with Crippen LogP contribution in [0.4, 0.5) is 5.69 Å². The lowest BCUT2D eigenvalue weighted by molar-refractivity contribution is 0.0131. The topological polar surface area (TPSA) is 50.8 Å². The van der Waals surface area contributed by atoms with E-state index in [0.717, 1.165) is 55.2 Å². The van der Waals surface area contributed by atoms with Crippen molar-refractivity contribution in [2.24, 2.45) is 17.8 Å². The molecule has 0 unspecified atom stereocenters. The van der Waals surface area contributed by atoms with E-state index in [4.69, 9.17) is 21.1 Å². The third-order valence-electron chi connectivity index (χ3n) is 9.90. The molecule has 7 heteroatoms. The van der Waals surface area contributed by atoms with Crippen molar-refractivity contribution in [1.29, 1.82) is 0 Å². The highest BCUT2D eigenvalue weighted by Gasteiger charge is 2.44. The molecule has 1 N–H and O–H groups in total. The first-order valence-electron chi connectivity index (χ1n) is 14.8. The summed E-state index contributed by atoms with van der Waals surface area (Å²) < 4.78 is 15.8. The third-order valence-corrected chi connectivity index (χ3v) is 11.3. The number of amides is 1. The maximum absolute atomic E-state index is 13.3. The largest absolute Gasteiger partial charge is 0.490 e. The summed E-state index contributed by atoms with van der Waals surface area (Å²) in [5.41, 5.74) is 4.29. The van der Waals surface area contributed by atoms with Gasteiger partial charge in [-0.05, 0) is 110 Å². The molecule has 1 fully saturated rings. The van der Waals surface area contributed by atoms with Gasteiger partial charge in [0.25, 0.3) is 5.91 Å². The number of methoxy groups -OCH3 is 1. The van der Waals surface area contributed by atoms with Crippen molar-refractivity contribution in [2.45, 2.75) is 69.1 Å². The summed E-state index contributed by atoms with van der Waals surface area (Å²) in [6.45, 7) is 6.84. The van der Waals surface area contributed by atoms with E-state index in [-0.39, 0.29) is 17.4 Å². The van der Waals surface area contributed by atoms with E-state index in [9.17, 15) is 4.79 Å². The number of anilines is 1. The minimum absolute atomic E-state index is 0.0491. The van der Waals surface area contributed by atoms with Crippen LogP contribution in [0.3, 0.4) is 0 Å². The number of aryl methyl sites for hydroxylation is 1. The average Bonchev–Trinajstić information content (AvgIpc) is 3.09. The first-order valence-corrected chi connectivity index (χ1v) is 16.1. The Hall–Kier alpha value is -2.15. The maximum Gasteiger partial charge on any atom is 0.261 e. The minimum Gasteiger partial charge on any atom is -0.490 e. The molecule has 40 heavy (non-hydrogen) atoms. The van der Waals surface area contributed by atoms with Crippen molar-refractivity contribution in [3.63, 3.8) is 0 Å². The number of nitrogens with one attached hydrogen (secondary N) is 1. The molecular weight excluding hydrogens is 540 g/mol. The van der Waals surface area contributed by atoms with Crippen LogP contribution in [-0.2, 0) is 16.6 Å². The highest BCUT2D eigenvalue weighted by Crippen LogP contribution is 2.47. The number of allylic oxidation sites excluding steroid dienone is 1. The summed E-state index contributed by atoms with van der Waals surface area (Å²) in [7, 11) is 1.85. The van der Waals surface area contributed by atoms with E-state index in [1.165, 1.54) is 35.9 Å². The quantitative estimate of drug-likeness (QED) is 0.285. The summed E-state index contributed by atoms with van der Waals surface area (Å²) in [6.07, 6.45) is 11.3. The Morgan fingerprint density at radius 1 is 1.18 bits per heavy atom. The Kier molecular flexibility index (Phi) is 8.13. The standard InChI is InChI=1S/C33H41ClN2O3S/c1-21-6-4-8-30(38-3)27-12-9-25(27)18-36-19-33(15-5-7-23-16-26(34)11-13-28(23)33)20-39-31-14-10-24(17-29(31)36)32(37)35-40-22(21)2/h4,8,10-11,13-14,16-17,21-22,25,27,30H,5-7,9,12,15,18-20H2,1-3H3,(H,35,37)/b8-4+/t21-,22+,25-,27+,30-,33-/m0/s1. The predicted molar refractivity (Wildman–Crippen MR) is 165 cm³/mol. The lowest BCUT2D eigenvalue weighted by Crippen LogP contribution is -2.49. The van der Waals surface area contributed by atoms with Gasteiger partial charge in [0.2, 0.25) is 0 Å². The third kappa shape index (κ3) is 5.39. The molecule has 2 aromatic carbocycles. The van der Waals surface area contributed by atoms with Gasteiger partial charge in [-0.25, -0.2) is 0 Å². The fourth-order valence-electron chi connectivity index (χ4n) is 7.13. The van der Waals surface area contributed by atoms with Gasteiger partial charge < -0.3 is 14.4 Å². The van der Waals surface area contributed by atoms with Crippen molar-refractivity contribution in [1.82, 2.24) is 4.72 Å². The smallest absolute Gasteiger partial charge is 0.261 e. The van der Waals surface area contributed by atoms with Gasteiger partial charge in [0.1, 0.15) is 5.75 Å². The number of ether oxygens (including phenoxy) is 2. The summed E-state index contributed by atoms with van der Waals surface area (Å²) in [5.74, 6) is 2.26. The lowest BCUT2D eigenvalue weighted by Gasteiger charge is -2.46. The predicted octanol–water partition coefficient (Wildman–Crippen LogP) is 7.22. The highest BCUT2D eigenvalue weighted by molar-refractivity contribution is 7.98. The molecule has 6 rings (SSSR count). The Labute approximate surface area is 248 Å². The zero-order valence-electron chi connectivity index (χ0n) is 23.8. The molecular formula is C33H41ClN2O3S. The van der Waals surface area contributed by atoms with Crippen molar-refractivity contribution in [3.8, 4) is 5.75 Å². The van der Waals surface area contributed by atoms with Gasteiger partial charge in [-0.1, -0.05) is 43.7 Å². The van der Waals surface area contributed by atoms with Crippen LogP contribution < -0.4 is 14.4 Å². The number of hydrogen-bond donors (Lipinski definition) is 1. The Morgan fingerprint density at radius 2 is 2.05 bits per heavy atom. The molecule has 6 atom stereocenters. The van der Waals surface area contributed by atoms with Crippen molar-refractivity contribution >= 4 is 35.1 Å². The van der Waals surface area contributed by atoms with Crippen LogP contribution in [-0.4, -0.2) is 44.1 Å². The summed E-state index contributed by atoms with van der Waals surface area (Å²) in [5, 5.41) is 1.09. The molecule has 0 saturated heterocycles. The number of fused-ring (bicyclic) bond motifs is 4. The number of nitrogens with zero attached hydrogens (tertiary/aromatic N) is 1. The molecule has 2 aromatic rings. The van der Waals surface area contributed by atoms with E-state index in [2.05, 4.69) is 53.8 Å². The van der Waals surface area contributed by atoms with Gasteiger partial charge in [-0.2, -0.15) is 0 Å². The average molecular weight is 581 g/mol. The SMILES string of the molecule is CO[C@H]1/C=C/C[C@H](C)[C@@H](C)SNC(=O)c2ccc3c(c2)N(C[C@@H]2CC[C@H]21)C[C@@]1(CCCc2cc(Cl)ccc21)CO3. The van der Waals surface area contributed by atoms with Gasteiger partial charge in [0.15, 0.2) is 0 Å². The van der Waals surface area contributed by atoms with Crippen LogP contribution in [0.5, 0.6) is 5.75 Å². The highest BCUT2D eigenvalue weighted by atomic mass is 35.5. The van der Waals surface area contributed by atoms with E-state index in [0.29, 0.717) is 35.2 Å². The van der Waals surface area contributed by atoms with E-state index in [1.807, 2.05) is 25.3 Å². The zero-order chi connectivity index (χ0) is 27.9. The molecule has 4 aliphatic rings. The molecule has 214 valence electrons. The second-order valence-electron chi connectivity index (χ2n) is 12.4. The Morgan fingerprint density at radius 3 is 2.85 bits per heavy atom. The van der Waals surface area contributed by atoms with Crippen LogP contribution in [0.1, 0.15) is 67.4 Å². The van der Waals surface area contributed by atoms with Crippen molar-refractivity contribution in [3.05, 3.63) is 70.3 Å². The number of carbonyl (C=O) groups excluding carboxylic acids is 1. The molecule has 2 aliphatic heterocycles. The molecule has 2 bridgehead atoms. The van der Waals surface area contributed by atoms with Crippen LogP contribution in [0.2, 0.25) is 5.02 Å². The minimum atomic E-state index is -0.123. The molecule has 2 aliphatic carbocycles. The van der Waals surface area contributed by atoms with Crippen LogP contribution in [0.25, 0.3) is 0 Å². The second kappa shape index (κ2) is 11.6. The first-order chi connectivity index (χ1) is 19.4. The summed E-state index contributed by atoms with van der Waals surface area (Å²) in [4.78, 5) is 15.8. The monoisotopic (exact) mass is 580 g/mol. The molecule has 0 aromatic heterocycles. The van der Waals surface area contributed by atoms with Gasteiger partial charge in [-0.15, -0.1) is 0 Å². The van der Waals surface area contributed by atoms with Gasteiger partial charge >= 0.3 is 0 Å². The lowest BCUT2D eigenvalue weighted by atomic mass is 9.68. The number of benzene rings is 2. The number of halogens is 1. The molecule has 1 spiro atoms. The number of hydrogen-bond acceptors (Lipinski definition) is 5. The fraction of sp³-hybridized carbons (Fsp3) is 0.545. The first kappa shape index (κ1) is 28.0. The van der Waals surface area contributed by atoms with Crippen LogP contribution in [0.15, 0.2) is 48.6 Å². The Balaban J connectivity index is 1.40. The van der Waals surface area contributed by atoms with Gasteiger partial charge in [0.05, 0.1) is 18.4 Å². The van der Waals surface area contributed by atoms with Gasteiger partial charge in [0, 0.05) is 41.5 Å².